The summed E-state index contributed by atoms with van der Waals surface area (Å²) in [6, 6.07) is 48.2. The summed E-state index contributed by atoms with van der Waals surface area (Å²) in [6.07, 6.45) is 6.51. The lowest BCUT2D eigenvalue weighted by Gasteiger charge is -2.18. The van der Waals surface area contributed by atoms with Crippen LogP contribution in [-0.4, -0.2) is 9.97 Å². The monoisotopic (exact) mass is 614 g/mol. The van der Waals surface area contributed by atoms with Gasteiger partial charge in [-0.2, -0.15) is 0 Å². The van der Waals surface area contributed by atoms with Crippen LogP contribution in [0.2, 0.25) is 0 Å². The molecule has 1 aromatic heterocycles. The highest BCUT2D eigenvalue weighted by Crippen LogP contribution is 2.49. The molecule has 0 fully saturated rings. The van der Waals surface area contributed by atoms with Crippen LogP contribution in [0.25, 0.3) is 83.5 Å². The van der Waals surface area contributed by atoms with Crippen LogP contribution in [0.15, 0.2) is 151 Å². The highest BCUT2D eigenvalue weighted by Gasteiger charge is 2.23. The van der Waals surface area contributed by atoms with Crippen LogP contribution in [0.5, 0.6) is 0 Å². The molecule has 48 heavy (non-hydrogen) atoms. The van der Waals surface area contributed by atoms with Gasteiger partial charge in [0.2, 0.25) is 0 Å². The number of rotatable bonds is 5. The zero-order valence-electron chi connectivity index (χ0n) is 27.2. The Labute approximate surface area is 281 Å². The summed E-state index contributed by atoms with van der Waals surface area (Å²) < 4.78 is 0. The van der Waals surface area contributed by atoms with Crippen molar-refractivity contribution < 1.29 is 0 Å². The SMILES string of the molecule is CC1=C(c2nc(-c3cccc(-c4cccc(-c5ccc6c7c(cccc57)-c5ccccc5-6)c4)c3)nc(-c3ccccc3)c2C)CCC=C1. The Hall–Kier alpha value is -5.86. The van der Waals surface area contributed by atoms with Crippen molar-refractivity contribution in [2.75, 3.05) is 0 Å². The van der Waals surface area contributed by atoms with Gasteiger partial charge in [0, 0.05) is 16.7 Å². The highest BCUT2D eigenvalue weighted by atomic mass is 14.9. The molecule has 0 N–H and O–H groups in total. The fourth-order valence-corrected chi connectivity index (χ4v) is 7.67. The maximum Gasteiger partial charge on any atom is 0.160 e. The van der Waals surface area contributed by atoms with Crippen LogP contribution in [0.4, 0.5) is 0 Å². The number of benzene rings is 6. The molecule has 0 saturated carbocycles. The Kier molecular flexibility index (Phi) is 6.76. The normalized spacial score (nSPS) is 13.3. The van der Waals surface area contributed by atoms with Crippen LogP contribution in [-0.2, 0) is 0 Å². The molecule has 0 amide bonds. The van der Waals surface area contributed by atoms with Crippen molar-refractivity contribution >= 4 is 16.3 Å². The molecule has 6 aromatic carbocycles. The zero-order chi connectivity index (χ0) is 32.2. The van der Waals surface area contributed by atoms with Crippen LogP contribution in [0.1, 0.15) is 31.0 Å². The average Bonchev–Trinajstić information content (AvgIpc) is 3.47. The molecule has 2 nitrogen and oxygen atoms in total. The first-order valence-electron chi connectivity index (χ1n) is 16.8. The maximum absolute atomic E-state index is 5.27. The Morgan fingerprint density at radius 2 is 1.06 bits per heavy atom. The second-order valence-electron chi connectivity index (χ2n) is 12.9. The second-order valence-corrected chi connectivity index (χ2v) is 12.9. The summed E-state index contributed by atoms with van der Waals surface area (Å²) in [5, 5.41) is 2.65. The van der Waals surface area contributed by atoms with Gasteiger partial charge in [-0.25, -0.2) is 9.97 Å². The predicted octanol–water partition coefficient (Wildman–Crippen LogP) is 12.4. The van der Waals surface area contributed by atoms with Gasteiger partial charge in [0.15, 0.2) is 5.82 Å². The number of nitrogens with zero attached hydrogens (tertiary/aromatic N) is 2. The smallest absolute Gasteiger partial charge is 0.160 e. The third kappa shape index (κ3) is 4.64. The largest absolute Gasteiger partial charge is 0.228 e. The van der Waals surface area contributed by atoms with Crippen molar-refractivity contribution in [3.05, 3.63) is 162 Å². The van der Waals surface area contributed by atoms with Crippen molar-refractivity contribution in [2.45, 2.75) is 26.7 Å². The summed E-state index contributed by atoms with van der Waals surface area (Å²) in [6.45, 7) is 4.36. The summed E-state index contributed by atoms with van der Waals surface area (Å²) in [7, 11) is 0. The average molecular weight is 615 g/mol. The molecule has 0 atom stereocenters. The molecule has 0 radical (unpaired) electrons. The molecule has 0 aliphatic heterocycles. The molecule has 0 saturated heterocycles. The van der Waals surface area contributed by atoms with Crippen molar-refractivity contribution in [1.82, 2.24) is 9.97 Å². The van der Waals surface area contributed by atoms with E-state index in [0.29, 0.717) is 0 Å². The fourth-order valence-electron chi connectivity index (χ4n) is 7.67. The molecule has 2 aliphatic carbocycles. The number of hydrogen-bond donors (Lipinski definition) is 0. The first-order chi connectivity index (χ1) is 23.6. The van der Waals surface area contributed by atoms with Crippen molar-refractivity contribution in [3.63, 3.8) is 0 Å². The molecule has 0 bridgehead atoms. The molecular weight excluding hydrogens is 581 g/mol. The van der Waals surface area contributed by atoms with E-state index in [1.807, 2.05) is 0 Å². The first kappa shape index (κ1) is 28.4. The Morgan fingerprint density at radius 1 is 0.479 bits per heavy atom. The Balaban J connectivity index is 1.15. The molecule has 9 rings (SSSR count). The predicted molar refractivity (Wildman–Crippen MR) is 201 cm³/mol. The summed E-state index contributed by atoms with van der Waals surface area (Å²) in [5.74, 6) is 0.759. The summed E-state index contributed by atoms with van der Waals surface area (Å²) in [5.41, 5.74) is 18.0. The fraction of sp³-hybridized carbons (Fsp3) is 0.0870. The van der Waals surface area contributed by atoms with E-state index in [-0.39, 0.29) is 0 Å². The zero-order valence-corrected chi connectivity index (χ0v) is 27.2. The van der Waals surface area contributed by atoms with Gasteiger partial charge in [0.25, 0.3) is 0 Å². The molecule has 0 unspecified atom stereocenters. The van der Waals surface area contributed by atoms with Gasteiger partial charge in [-0.05, 0) is 105 Å². The van der Waals surface area contributed by atoms with Gasteiger partial charge < -0.3 is 0 Å². The molecular formula is C46H34N2. The van der Waals surface area contributed by atoms with E-state index in [2.05, 4.69) is 159 Å². The number of fused-ring (bicyclic) bond motifs is 3. The van der Waals surface area contributed by atoms with E-state index in [1.165, 1.54) is 60.9 Å². The summed E-state index contributed by atoms with van der Waals surface area (Å²) in [4.78, 5) is 10.5. The molecule has 7 aromatic rings. The molecule has 0 spiro atoms. The Morgan fingerprint density at radius 3 is 1.83 bits per heavy atom. The number of aromatic nitrogens is 2. The highest BCUT2D eigenvalue weighted by molar-refractivity contribution is 6.18. The quantitative estimate of drug-likeness (QED) is 0.193. The van der Waals surface area contributed by atoms with E-state index in [4.69, 9.17) is 9.97 Å². The van der Waals surface area contributed by atoms with E-state index in [1.54, 1.807) is 0 Å². The standard InChI is InChI=1S/C46H34N2/c1-29-13-6-7-20-36(29)45-30(2)44(31-14-4-3-5-15-31)47-46(48-45)35-19-11-17-33(28-35)32-16-10-18-34(27-32)37-25-26-42-39-22-9-8-21-38(39)41-24-12-23-40(37)43(41)42/h3-6,8-19,21-28H,7,20H2,1-2H3. The Bertz CT molecular complexity index is 2430. The minimum absolute atomic E-state index is 0.759. The van der Waals surface area contributed by atoms with E-state index >= 15 is 0 Å². The number of hydrogen-bond acceptors (Lipinski definition) is 2. The van der Waals surface area contributed by atoms with E-state index in [0.717, 1.165) is 52.3 Å². The third-order valence-corrected chi connectivity index (χ3v) is 10.1. The van der Waals surface area contributed by atoms with Crippen molar-refractivity contribution in [2.24, 2.45) is 0 Å². The maximum atomic E-state index is 5.27. The third-order valence-electron chi connectivity index (χ3n) is 10.1. The van der Waals surface area contributed by atoms with Gasteiger partial charge >= 0.3 is 0 Å². The van der Waals surface area contributed by atoms with Gasteiger partial charge in [-0.1, -0.05) is 133 Å². The van der Waals surface area contributed by atoms with Gasteiger partial charge in [0.1, 0.15) is 0 Å². The van der Waals surface area contributed by atoms with E-state index < -0.39 is 0 Å². The molecule has 1 heterocycles. The lowest BCUT2D eigenvalue weighted by molar-refractivity contribution is 1.00. The van der Waals surface area contributed by atoms with Gasteiger partial charge in [-0.15, -0.1) is 0 Å². The molecule has 2 heteroatoms. The summed E-state index contributed by atoms with van der Waals surface area (Å²) >= 11 is 0. The van der Waals surface area contributed by atoms with Gasteiger partial charge in [-0.3, -0.25) is 0 Å². The van der Waals surface area contributed by atoms with Crippen molar-refractivity contribution in [3.8, 4) is 67.2 Å². The van der Waals surface area contributed by atoms with Crippen molar-refractivity contribution in [1.29, 1.82) is 0 Å². The van der Waals surface area contributed by atoms with Crippen LogP contribution >= 0.6 is 0 Å². The van der Waals surface area contributed by atoms with Gasteiger partial charge in [0.05, 0.1) is 11.4 Å². The first-order valence-corrected chi connectivity index (χ1v) is 16.8. The van der Waals surface area contributed by atoms with Crippen LogP contribution in [0, 0.1) is 6.92 Å². The number of allylic oxidation sites excluding steroid dienone is 4. The minimum atomic E-state index is 0.759. The van der Waals surface area contributed by atoms with Crippen LogP contribution in [0.3, 0.4) is 0 Å². The molecule has 2 aliphatic rings. The molecule has 228 valence electrons. The minimum Gasteiger partial charge on any atom is -0.228 e. The van der Waals surface area contributed by atoms with E-state index in [9.17, 15) is 0 Å². The van der Waals surface area contributed by atoms with Crippen LogP contribution < -0.4 is 0 Å². The second kappa shape index (κ2) is 11.4. The lowest BCUT2D eigenvalue weighted by atomic mass is 9.91. The topological polar surface area (TPSA) is 25.8 Å². The lowest BCUT2D eigenvalue weighted by Crippen LogP contribution is -2.05.